The van der Waals surface area contributed by atoms with Crippen LogP contribution in [0.5, 0.6) is 11.5 Å². The molecule has 0 spiro atoms. The Morgan fingerprint density at radius 2 is 1.48 bits per heavy atom. The quantitative estimate of drug-likeness (QED) is 0.676. The lowest BCUT2D eigenvalue weighted by atomic mass is 10.1. The van der Waals surface area contributed by atoms with Gasteiger partial charge in [0.1, 0.15) is 11.5 Å². The highest BCUT2D eigenvalue weighted by molar-refractivity contribution is 5.40. The molecule has 0 aliphatic carbocycles. The SMILES string of the molecule is COc1ccc(OC)c(CCN2CCN(CCCc3ccccc3)CC2)c1. The first-order valence-corrected chi connectivity index (χ1v) is 9.98. The van der Waals surface area contributed by atoms with Crippen molar-refractivity contribution in [2.24, 2.45) is 0 Å². The Kier molecular flexibility index (Phi) is 7.55. The largest absolute Gasteiger partial charge is 0.497 e. The van der Waals surface area contributed by atoms with Crippen molar-refractivity contribution in [2.45, 2.75) is 19.3 Å². The lowest BCUT2D eigenvalue weighted by Crippen LogP contribution is -2.47. The fraction of sp³-hybridized carbons (Fsp3) is 0.478. The van der Waals surface area contributed by atoms with Crippen LogP contribution in [0, 0.1) is 0 Å². The highest BCUT2D eigenvalue weighted by Crippen LogP contribution is 2.24. The Morgan fingerprint density at radius 3 is 2.15 bits per heavy atom. The third-order valence-electron chi connectivity index (χ3n) is 5.43. The van der Waals surface area contributed by atoms with Gasteiger partial charge in [-0.25, -0.2) is 0 Å². The van der Waals surface area contributed by atoms with Crippen molar-refractivity contribution in [3.8, 4) is 11.5 Å². The van der Waals surface area contributed by atoms with Crippen molar-refractivity contribution in [3.63, 3.8) is 0 Å². The molecule has 4 nitrogen and oxygen atoms in total. The summed E-state index contributed by atoms with van der Waals surface area (Å²) >= 11 is 0. The van der Waals surface area contributed by atoms with Crippen molar-refractivity contribution in [3.05, 3.63) is 59.7 Å². The van der Waals surface area contributed by atoms with Gasteiger partial charge in [-0.05, 0) is 55.1 Å². The van der Waals surface area contributed by atoms with Gasteiger partial charge in [0.25, 0.3) is 0 Å². The number of hydrogen-bond acceptors (Lipinski definition) is 4. The van der Waals surface area contributed by atoms with E-state index in [0.29, 0.717) is 0 Å². The summed E-state index contributed by atoms with van der Waals surface area (Å²) in [6.45, 7) is 6.91. The second-order valence-electron chi connectivity index (χ2n) is 7.20. The molecule has 27 heavy (non-hydrogen) atoms. The number of benzene rings is 2. The van der Waals surface area contributed by atoms with Crippen LogP contribution >= 0.6 is 0 Å². The average Bonchev–Trinajstić information content (AvgIpc) is 2.73. The van der Waals surface area contributed by atoms with E-state index in [1.54, 1.807) is 14.2 Å². The summed E-state index contributed by atoms with van der Waals surface area (Å²) in [5.74, 6) is 1.85. The molecule has 1 fully saturated rings. The highest BCUT2D eigenvalue weighted by Gasteiger charge is 2.17. The van der Waals surface area contributed by atoms with Gasteiger partial charge in [-0.3, -0.25) is 0 Å². The molecule has 0 unspecified atom stereocenters. The number of rotatable bonds is 9. The molecule has 1 aliphatic rings. The molecular weight excluding hydrogens is 336 g/mol. The molecule has 3 rings (SSSR count). The third kappa shape index (κ3) is 5.98. The smallest absolute Gasteiger partial charge is 0.122 e. The molecule has 0 atom stereocenters. The van der Waals surface area contributed by atoms with Crippen LogP contribution in [0.2, 0.25) is 0 Å². The average molecular weight is 369 g/mol. The Balaban J connectivity index is 1.38. The van der Waals surface area contributed by atoms with Gasteiger partial charge in [-0.1, -0.05) is 30.3 Å². The molecule has 0 N–H and O–H groups in total. The summed E-state index contributed by atoms with van der Waals surface area (Å²) in [4.78, 5) is 5.16. The second kappa shape index (κ2) is 10.3. The number of hydrogen-bond donors (Lipinski definition) is 0. The highest BCUT2D eigenvalue weighted by atomic mass is 16.5. The fourth-order valence-electron chi connectivity index (χ4n) is 3.74. The van der Waals surface area contributed by atoms with Crippen LogP contribution in [0.15, 0.2) is 48.5 Å². The van der Waals surface area contributed by atoms with Crippen LogP contribution in [0.25, 0.3) is 0 Å². The molecule has 0 amide bonds. The summed E-state index contributed by atoms with van der Waals surface area (Å²) in [6, 6.07) is 16.9. The lowest BCUT2D eigenvalue weighted by molar-refractivity contribution is 0.132. The van der Waals surface area contributed by atoms with E-state index >= 15 is 0 Å². The number of piperazine rings is 1. The number of nitrogens with zero attached hydrogens (tertiary/aromatic N) is 2. The van der Waals surface area contributed by atoms with Crippen molar-refractivity contribution in [2.75, 3.05) is 53.5 Å². The predicted molar refractivity (Wildman–Crippen MR) is 111 cm³/mol. The van der Waals surface area contributed by atoms with Crippen LogP contribution in [0.3, 0.4) is 0 Å². The van der Waals surface area contributed by atoms with Gasteiger partial charge >= 0.3 is 0 Å². The summed E-state index contributed by atoms with van der Waals surface area (Å²) < 4.78 is 10.9. The Morgan fingerprint density at radius 1 is 0.778 bits per heavy atom. The first-order chi connectivity index (χ1) is 13.3. The molecule has 0 radical (unpaired) electrons. The van der Waals surface area contributed by atoms with Crippen molar-refractivity contribution in [1.29, 1.82) is 0 Å². The van der Waals surface area contributed by atoms with Gasteiger partial charge in [0.15, 0.2) is 0 Å². The summed E-state index contributed by atoms with van der Waals surface area (Å²) in [7, 11) is 3.45. The van der Waals surface area contributed by atoms with E-state index in [0.717, 1.165) is 37.6 Å². The number of methoxy groups -OCH3 is 2. The van der Waals surface area contributed by atoms with Gasteiger partial charge in [-0.2, -0.15) is 0 Å². The summed E-state index contributed by atoms with van der Waals surface area (Å²) in [5.41, 5.74) is 2.67. The second-order valence-corrected chi connectivity index (χ2v) is 7.20. The Bertz CT molecular complexity index is 682. The van der Waals surface area contributed by atoms with Gasteiger partial charge in [0.2, 0.25) is 0 Å². The standard InChI is InChI=1S/C23H32N2O2/c1-26-22-10-11-23(27-2)21(19-22)12-14-25-17-15-24(16-18-25)13-6-9-20-7-4-3-5-8-20/h3-5,7-8,10-11,19H,6,9,12-18H2,1-2H3. The normalized spacial score (nSPS) is 15.6. The molecule has 1 heterocycles. The molecular formula is C23H32N2O2. The monoisotopic (exact) mass is 368 g/mol. The molecule has 2 aromatic rings. The van der Waals surface area contributed by atoms with Crippen LogP contribution in [0.1, 0.15) is 17.5 Å². The summed E-state index contributed by atoms with van der Waals surface area (Å²) in [6.07, 6.45) is 3.41. The first kappa shape index (κ1) is 19.7. The van der Waals surface area contributed by atoms with E-state index in [1.165, 1.54) is 43.6 Å². The lowest BCUT2D eigenvalue weighted by Gasteiger charge is -2.34. The Hall–Kier alpha value is -2.04. The number of ether oxygens (including phenoxy) is 2. The molecule has 4 heteroatoms. The number of aryl methyl sites for hydroxylation is 1. The zero-order chi connectivity index (χ0) is 18.9. The fourth-order valence-corrected chi connectivity index (χ4v) is 3.74. The van der Waals surface area contributed by atoms with Crippen molar-refractivity contribution >= 4 is 0 Å². The molecule has 0 saturated carbocycles. The molecule has 2 aromatic carbocycles. The molecule has 0 aromatic heterocycles. The Labute approximate surface area is 163 Å². The van der Waals surface area contributed by atoms with Crippen molar-refractivity contribution < 1.29 is 9.47 Å². The minimum absolute atomic E-state index is 0.897. The molecule has 146 valence electrons. The zero-order valence-electron chi connectivity index (χ0n) is 16.7. The maximum absolute atomic E-state index is 5.50. The maximum atomic E-state index is 5.50. The minimum Gasteiger partial charge on any atom is -0.497 e. The topological polar surface area (TPSA) is 24.9 Å². The van der Waals surface area contributed by atoms with Crippen LogP contribution in [-0.4, -0.2) is 63.3 Å². The van der Waals surface area contributed by atoms with E-state index in [1.807, 2.05) is 12.1 Å². The van der Waals surface area contributed by atoms with E-state index in [9.17, 15) is 0 Å². The van der Waals surface area contributed by atoms with Crippen LogP contribution in [-0.2, 0) is 12.8 Å². The van der Waals surface area contributed by atoms with Crippen molar-refractivity contribution in [1.82, 2.24) is 9.80 Å². The molecule has 1 saturated heterocycles. The molecule has 0 bridgehead atoms. The first-order valence-electron chi connectivity index (χ1n) is 9.98. The van der Waals surface area contributed by atoms with Gasteiger partial charge in [-0.15, -0.1) is 0 Å². The van der Waals surface area contributed by atoms with Crippen LogP contribution < -0.4 is 9.47 Å². The molecule has 1 aliphatic heterocycles. The van der Waals surface area contributed by atoms with E-state index in [4.69, 9.17) is 9.47 Å². The maximum Gasteiger partial charge on any atom is 0.122 e. The van der Waals surface area contributed by atoms with E-state index in [2.05, 4.69) is 46.2 Å². The zero-order valence-corrected chi connectivity index (χ0v) is 16.7. The predicted octanol–water partition coefficient (Wildman–Crippen LogP) is 3.50. The summed E-state index contributed by atoms with van der Waals surface area (Å²) in [5, 5.41) is 0. The van der Waals surface area contributed by atoms with Crippen LogP contribution in [0.4, 0.5) is 0 Å². The van der Waals surface area contributed by atoms with Gasteiger partial charge < -0.3 is 19.3 Å². The van der Waals surface area contributed by atoms with E-state index in [-0.39, 0.29) is 0 Å². The van der Waals surface area contributed by atoms with E-state index < -0.39 is 0 Å². The minimum atomic E-state index is 0.897. The third-order valence-corrected chi connectivity index (χ3v) is 5.43. The van der Waals surface area contributed by atoms with Gasteiger partial charge in [0.05, 0.1) is 14.2 Å². The van der Waals surface area contributed by atoms with Gasteiger partial charge in [0, 0.05) is 32.7 Å².